The van der Waals surface area contributed by atoms with Crippen LogP contribution in [0.2, 0.25) is 0 Å². The zero-order valence-electron chi connectivity index (χ0n) is 30.0. The highest BCUT2D eigenvalue weighted by molar-refractivity contribution is 6.26. The zero-order chi connectivity index (χ0) is 36.7. The number of nitrogens with zero attached hydrogens (tertiary/aromatic N) is 2. The third-order valence-corrected chi connectivity index (χ3v) is 11.3. The molecule has 0 N–H and O–H groups in total. The van der Waals surface area contributed by atoms with Crippen LogP contribution in [0, 0.1) is 0 Å². The number of furan rings is 2. The van der Waals surface area contributed by atoms with E-state index in [0.717, 1.165) is 77.4 Å². The van der Waals surface area contributed by atoms with E-state index < -0.39 is 0 Å². The Morgan fingerprint density at radius 1 is 0.321 bits per heavy atom. The smallest absolute Gasteiger partial charge is 0.231 e. The lowest BCUT2D eigenvalue weighted by molar-refractivity contribution is 0.653. The number of benzene rings is 9. The van der Waals surface area contributed by atoms with Crippen molar-refractivity contribution in [2.45, 2.75) is 0 Å². The Kier molecular flexibility index (Phi) is 6.60. The van der Waals surface area contributed by atoms with E-state index in [9.17, 15) is 0 Å². The molecule has 0 unspecified atom stereocenters. The van der Waals surface area contributed by atoms with Crippen molar-refractivity contribution < 1.29 is 8.83 Å². The molecule has 3 aromatic heterocycles. The predicted octanol–water partition coefficient (Wildman–Crippen LogP) is 14.4. The molecule has 0 aliphatic carbocycles. The van der Waals surface area contributed by atoms with Gasteiger partial charge in [-0.15, -0.1) is 0 Å². The van der Waals surface area contributed by atoms with Crippen molar-refractivity contribution >= 4 is 76.3 Å². The highest BCUT2D eigenvalue weighted by Gasteiger charge is 2.20. The molecule has 0 radical (unpaired) electrons. The zero-order valence-corrected chi connectivity index (χ0v) is 30.0. The van der Waals surface area contributed by atoms with Gasteiger partial charge in [0.25, 0.3) is 0 Å². The van der Waals surface area contributed by atoms with Gasteiger partial charge in [-0.1, -0.05) is 152 Å². The minimum Gasteiger partial charge on any atom is -0.455 e. The molecule has 0 bridgehead atoms. The summed E-state index contributed by atoms with van der Waals surface area (Å²) in [6.07, 6.45) is 0. The number of aromatic nitrogens is 2. The van der Waals surface area contributed by atoms with E-state index in [-0.39, 0.29) is 0 Å². The average Bonchev–Trinajstić information content (AvgIpc) is 3.84. The molecule has 260 valence electrons. The van der Waals surface area contributed by atoms with Crippen molar-refractivity contribution in [3.05, 3.63) is 182 Å². The lowest BCUT2D eigenvalue weighted by atomic mass is 9.92. The summed E-state index contributed by atoms with van der Waals surface area (Å²) in [4.78, 5) is 10.1. The van der Waals surface area contributed by atoms with Crippen LogP contribution in [0.5, 0.6) is 0 Å². The van der Waals surface area contributed by atoms with Crippen LogP contribution in [0.4, 0.5) is 0 Å². The monoisotopic (exact) mass is 714 g/mol. The van der Waals surface area contributed by atoms with Crippen LogP contribution in [0.25, 0.3) is 121 Å². The second kappa shape index (κ2) is 12.0. The van der Waals surface area contributed by atoms with Gasteiger partial charge in [0.2, 0.25) is 5.71 Å². The van der Waals surface area contributed by atoms with Crippen molar-refractivity contribution in [3.63, 3.8) is 0 Å². The van der Waals surface area contributed by atoms with Crippen LogP contribution in [-0.4, -0.2) is 9.97 Å². The van der Waals surface area contributed by atoms with Gasteiger partial charge >= 0.3 is 0 Å². The van der Waals surface area contributed by atoms with Gasteiger partial charge in [0.15, 0.2) is 5.82 Å². The van der Waals surface area contributed by atoms with Gasteiger partial charge in [0, 0.05) is 32.8 Å². The number of rotatable bonds is 4. The molecular weight excluding hydrogens is 685 g/mol. The summed E-state index contributed by atoms with van der Waals surface area (Å²) < 4.78 is 13.1. The molecule has 0 saturated carbocycles. The first-order valence-electron chi connectivity index (χ1n) is 18.9. The maximum atomic E-state index is 6.69. The summed E-state index contributed by atoms with van der Waals surface area (Å²) in [5.74, 6) is 0.637. The van der Waals surface area contributed by atoms with E-state index >= 15 is 0 Å². The van der Waals surface area contributed by atoms with Gasteiger partial charge in [-0.2, -0.15) is 4.98 Å². The van der Waals surface area contributed by atoms with Crippen molar-refractivity contribution in [2.75, 3.05) is 0 Å². The Labute approximate surface area is 320 Å². The van der Waals surface area contributed by atoms with Gasteiger partial charge in [0.05, 0.1) is 11.1 Å². The summed E-state index contributed by atoms with van der Waals surface area (Å²) in [6, 6.07) is 63.9. The second-order valence-corrected chi connectivity index (χ2v) is 14.5. The molecule has 12 aromatic rings. The number of hydrogen-bond donors (Lipinski definition) is 0. The number of hydrogen-bond acceptors (Lipinski definition) is 4. The van der Waals surface area contributed by atoms with Gasteiger partial charge in [0.1, 0.15) is 16.7 Å². The minimum absolute atomic E-state index is 0.573. The molecule has 3 heterocycles. The van der Waals surface area contributed by atoms with Crippen molar-refractivity contribution in [1.82, 2.24) is 9.97 Å². The Hall–Kier alpha value is -7.56. The minimum atomic E-state index is 0.573. The Morgan fingerprint density at radius 3 is 1.55 bits per heavy atom. The highest BCUT2D eigenvalue weighted by Crippen LogP contribution is 2.42. The van der Waals surface area contributed by atoms with Crippen molar-refractivity contribution in [1.29, 1.82) is 0 Å². The lowest BCUT2D eigenvalue weighted by Gasteiger charge is -2.12. The fraction of sp³-hybridized carbons (Fsp3) is 0. The van der Waals surface area contributed by atoms with Crippen LogP contribution in [-0.2, 0) is 0 Å². The van der Waals surface area contributed by atoms with Crippen LogP contribution >= 0.6 is 0 Å². The standard InChI is InChI=1S/C52H30N2O2/c1-3-12-31(13-4-1)49-48-45-29-34(24-27-47(45)56-52(48)54-51(53-49)32-14-5-2-6-15-32)33-23-26-46-44(28-33)42-21-11-20-36(50(42)55-46)35-22-25-41-39-18-8-7-16-37(39)38-17-9-10-19-40(38)43(41)30-35/h1-30H. The van der Waals surface area contributed by atoms with Gasteiger partial charge < -0.3 is 8.83 Å². The maximum absolute atomic E-state index is 6.69. The lowest BCUT2D eigenvalue weighted by Crippen LogP contribution is -1.93. The SMILES string of the molecule is c1ccc(-c2nc(-c3ccccc3)c3c(n2)oc2ccc(-c4ccc5oc6c(-c7ccc8c9ccccc9c9ccccc9c8c7)cccc6c5c4)cc23)cc1. The molecule has 0 amide bonds. The van der Waals surface area contributed by atoms with Gasteiger partial charge in [-0.25, -0.2) is 4.98 Å². The van der Waals surface area contributed by atoms with E-state index in [0.29, 0.717) is 11.5 Å². The summed E-state index contributed by atoms with van der Waals surface area (Å²) in [5, 5.41) is 11.6. The molecule has 4 heteroatoms. The molecule has 0 atom stereocenters. The topological polar surface area (TPSA) is 52.1 Å². The Balaban J connectivity index is 1.01. The third kappa shape index (κ3) is 4.66. The predicted molar refractivity (Wildman–Crippen MR) is 231 cm³/mol. The fourth-order valence-electron chi connectivity index (χ4n) is 8.66. The summed E-state index contributed by atoms with van der Waals surface area (Å²) in [7, 11) is 0. The van der Waals surface area contributed by atoms with E-state index in [1.807, 2.05) is 54.6 Å². The van der Waals surface area contributed by atoms with Crippen LogP contribution in [0.15, 0.2) is 191 Å². The Morgan fingerprint density at radius 2 is 0.857 bits per heavy atom. The molecule has 12 rings (SSSR count). The molecule has 0 aliphatic heterocycles. The fourth-order valence-corrected chi connectivity index (χ4v) is 8.66. The Bertz CT molecular complexity index is 3490. The molecule has 9 aromatic carbocycles. The quantitative estimate of drug-likeness (QED) is 0.170. The largest absolute Gasteiger partial charge is 0.455 e. The highest BCUT2D eigenvalue weighted by atomic mass is 16.3. The van der Waals surface area contributed by atoms with Gasteiger partial charge in [-0.05, 0) is 79.3 Å². The van der Waals surface area contributed by atoms with Gasteiger partial charge in [-0.3, -0.25) is 0 Å². The van der Waals surface area contributed by atoms with Crippen molar-refractivity contribution in [2.24, 2.45) is 0 Å². The van der Waals surface area contributed by atoms with Crippen molar-refractivity contribution in [3.8, 4) is 44.9 Å². The van der Waals surface area contributed by atoms with E-state index in [1.54, 1.807) is 0 Å². The van der Waals surface area contributed by atoms with E-state index in [2.05, 4.69) is 127 Å². The number of fused-ring (bicyclic) bond motifs is 12. The molecule has 4 nitrogen and oxygen atoms in total. The summed E-state index contributed by atoms with van der Waals surface area (Å²) >= 11 is 0. The molecule has 0 fully saturated rings. The third-order valence-electron chi connectivity index (χ3n) is 11.3. The van der Waals surface area contributed by atoms with E-state index in [1.165, 1.54) is 32.3 Å². The second-order valence-electron chi connectivity index (χ2n) is 14.5. The first-order chi connectivity index (χ1) is 27.7. The maximum Gasteiger partial charge on any atom is 0.231 e. The van der Waals surface area contributed by atoms with Crippen LogP contribution in [0.1, 0.15) is 0 Å². The normalized spacial score (nSPS) is 11.9. The molecule has 0 saturated heterocycles. The molecule has 0 aliphatic rings. The number of para-hydroxylation sites is 1. The average molecular weight is 715 g/mol. The van der Waals surface area contributed by atoms with Crippen LogP contribution in [0.3, 0.4) is 0 Å². The first-order valence-corrected chi connectivity index (χ1v) is 18.9. The van der Waals surface area contributed by atoms with E-state index in [4.69, 9.17) is 18.8 Å². The molecule has 0 spiro atoms. The summed E-state index contributed by atoms with van der Waals surface area (Å²) in [5.41, 5.74) is 10.3. The first kappa shape index (κ1) is 30.9. The molecule has 56 heavy (non-hydrogen) atoms. The molecular formula is C52H30N2O2. The summed E-state index contributed by atoms with van der Waals surface area (Å²) in [6.45, 7) is 0. The van der Waals surface area contributed by atoms with Crippen LogP contribution < -0.4 is 0 Å².